The molecule has 1 aliphatic heterocycles. The van der Waals surface area contributed by atoms with Gasteiger partial charge in [-0.25, -0.2) is 0 Å². The van der Waals surface area contributed by atoms with Crippen molar-refractivity contribution in [2.75, 3.05) is 11.9 Å². The Morgan fingerprint density at radius 2 is 1.48 bits per heavy atom. The van der Waals surface area contributed by atoms with Crippen LogP contribution in [0.15, 0.2) is 48.5 Å². The Hall–Kier alpha value is -3.69. The third-order valence-corrected chi connectivity index (χ3v) is 4.62. The van der Waals surface area contributed by atoms with E-state index in [1.807, 2.05) is 0 Å². The molecule has 31 heavy (non-hydrogen) atoms. The number of fused-ring (bicyclic) bond motifs is 1. The Balaban J connectivity index is 1.41. The minimum atomic E-state index is -4.97. The van der Waals surface area contributed by atoms with E-state index in [-0.39, 0.29) is 42.9 Å². The van der Waals surface area contributed by atoms with E-state index in [2.05, 4.69) is 5.32 Å². The molecular formula is C21H18F3N3O4. The van der Waals surface area contributed by atoms with E-state index in [4.69, 9.17) is 0 Å². The predicted octanol–water partition coefficient (Wildman–Crippen LogP) is 2.88. The molecule has 1 heterocycles. The Bertz CT molecular complexity index is 984. The molecule has 1 aliphatic rings. The highest BCUT2D eigenvalue weighted by Gasteiger charge is 2.38. The molecule has 10 heteroatoms. The van der Waals surface area contributed by atoms with Gasteiger partial charge in [0.05, 0.1) is 11.1 Å². The number of halogens is 3. The molecule has 0 saturated carbocycles. The minimum Gasteiger partial charge on any atom is -0.352 e. The fraction of sp³-hybridized carbons (Fsp3) is 0.238. The number of anilines is 1. The smallest absolute Gasteiger partial charge is 0.352 e. The predicted molar refractivity (Wildman–Crippen MR) is 104 cm³/mol. The van der Waals surface area contributed by atoms with Crippen molar-refractivity contribution in [3.8, 4) is 0 Å². The maximum atomic E-state index is 12.3. The van der Waals surface area contributed by atoms with E-state index < -0.39 is 12.1 Å². The van der Waals surface area contributed by atoms with Gasteiger partial charge in [0.1, 0.15) is 0 Å². The number of hydrogen-bond acceptors (Lipinski definition) is 4. The number of hydrogen-bond donors (Lipinski definition) is 2. The van der Waals surface area contributed by atoms with Gasteiger partial charge >= 0.3 is 12.1 Å². The average molecular weight is 433 g/mol. The molecule has 0 atom stereocenters. The van der Waals surface area contributed by atoms with Crippen molar-refractivity contribution in [1.82, 2.24) is 10.2 Å². The summed E-state index contributed by atoms with van der Waals surface area (Å²) in [6, 6.07) is 12.1. The van der Waals surface area contributed by atoms with E-state index in [0.29, 0.717) is 23.1 Å². The maximum Gasteiger partial charge on any atom is 0.471 e. The first-order valence-electron chi connectivity index (χ1n) is 9.36. The summed E-state index contributed by atoms with van der Waals surface area (Å²) in [5.41, 5.74) is 1.32. The molecule has 162 valence electrons. The van der Waals surface area contributed by atoms with Gasteiger partial charge in [0.25, 0.3) is 11.8 Å². The van der Waals surface area contributed by atoms with Gasteiger partial charge in [-0.05, 0) is 36.2 Å². The number of imide groups is 1. The van der Waals surface area contributed by atoms with Crippen molar-refractivity contribution < 1.29 is 32.3 Å². The Labute approximate surface area is 175 Å². The number of nitrogens with zero attached hydrogens (tertiary/aromatic N) is 1. The van der Waals surface area contributed by atoms with Crippen molar-refractivity contribution in [2.45, 2.75) is 25.6 Å². The van der Waals surface area contributed by atoms with Gasteiger partial charge in [0.15, 0.2) is 0 Å². The fourth-order valence-electron chi connectivity index (χ4n) is 3.04. The van der Waals surface area contributed by atoms with Gasteiger partial charge < -0.3 is 10.6 Å². The van der Waals surface area contributed by atoms with Gasteiger partial charge in [-0.2, -0.15) is 13.2 Å². The number of nitrogens with one attached hydrogen (secondary N) is 2. The Morgan fingerprint density at radius 1 is 0.903 bits per heavy atom. The molecule has 0 spiro atoms. The molecule has 0 fully saturated rings. The molecule has 2 N–H and O–H groups in total. The zero-order valence-corrected chi connectivity index (χ0v) is 16.2. The van der Waals surface area contributed by atoms with Crippen LogP contribution in [-0.4, -0.2) is 41.2 Å². The number of rotatable bonds is 7. The van der Waals surface area contributed by atoms with Gasteiger partial charge in [-0.15, -0.1) is 0 Å². The fourth-order valence-corrected chi connectivity index (χ4v) is 3.04. The second-order valence-corrected chi connectivity index (χ2v) is 6.84. The summed E-state index contributed by atoms with van der Waals surface area (Å²) in [5.74, 6) is -3.12. The van der Waals surface area contributed by atoms with Gasteiger partial charge in [0, 0.05) is 25.2 Å². The number of alkyl halides is 3. The summed E-state index contributed by atoms with van der Waals surface area (Å²) in [4.78, 5) is 48.5. The molecular weight excluding hydrogens is 415 g/mol. The summed E-state index contributed by atoms with van der Waals surface area (Å²) < 4.78 is 36.7. The molecule has 2 aromatic carbocycles. The average Bonchev–Trinajstić information content (AvgIpc) is 2.97. The zero-order chi connectivity index (χ0) is 22.6. The molecule has 0 saturated heterocycles. The monoisotopic (exact) mass is 433 g/mol. The summed E-state index contributed by atoms with van der Waals surface area (Å²) in [5, 5.41) is 4.39. The van der Waals surface area contributed by atoms with Crippen LogP contribution in [-0.2, 0) is 16.1 Å². The second kappa shape index (κ2) is 8.99. The van der Waals surface area contributed by atoms with Crippen LogP contribution in [0.4, 0.5) is 18.9 Å². The van der Waals surface area contributed by atoms with Crippen LogP contribution in [0.25, 0.3) is 0 Å². The van der Waals surface area contributed by atoms with Crippen molar-refractivity contribution >= 4 is 29.3 Å². The highest BCUT2D eigenvalue weighted by atomic mass is 19.4. The topological polar surface area (TPSA) is 95.6 Å². The van der Waals surface area contributed by atoms with Gasteiger partial charge in [-0.1, -0.05) is 24.3 Å². The molecule has 0 aliphatic carbocycles. The van der Waals surface area contributed by atoms with E-state index in [1.54, 1.807) is 29.6 Å². The van der Waals surface area contributed by atoms with Crippen LogP contribution in [0.1, 0.15) is 39.1 Å². The summed E-state index contributed by atoms with van der Waals surface area (Å²) >= 11 is 0. The van der Waals surface area contributed by atoms with Crippen LogP contribution in [0.3, 0.4) is 0 Å². The van der Waals surface area contributed by atoms with Crippen LogP contribution in [0.2, 0.25) is 0 Å². The molecule has 0 bridgehead atoms. The Kier molecular flexibility index (Phi) is 6.38. The summed E-state index contributed by atoms with van der Waals surface area (Å²) in [6.45, 7) is 0.257. The van der Waals surface area contributed by atoms with Crippen molar-refractivity contribution in [1.29, 1.82) is 0 Å². The van der Waals surface area contributed by atoms with Crippen LogP contribution >= 0.6 is 0 Å². The SMILES string of the molecule is O=C(CCCN1C(=O)c2ccccc2C1=O)NCc1ccc(NC(=O)C(F)(F)F)cc1. The molecule has 7 nitrogen and oxygen atoms in total. The first-order chi connectivity index (χ1) is 14.7. The normalized spacial score (nSPS) is 13.2. The number of carbonyl (C=O) groups is 4. The lowest BCUT2D eigenvalue weighted by atomic mass is 10.1. The number of carbonyl (C=O) groups excluding carboxylic acids is 4. The third kappa shape index (κ3) is 5.27. The van der Waals surface area contributed by atoms with Crippen LogP contribution in [0.5, 0.6) is 0 Å². The first kappa shape index (κ1) is 22.0. The maximum absolute atomic E-state index is 12.3. The molecule has 0 unspecified atom stereocenters. The second-order valence-electron chi connectivity index (χ2n) is 6.84. The van der Waals surface area contributed by atoms with Crippen LogP contribution < -0.4 is 10.6 Å². The lowest BCUT2D eigenvalue weighted by molar-refractivity contribution is -0.167. The number of benzene rings is 2. The highest BCUT2D eigenvalue weighted by Crippen LogP contribution is 2.22. The van der Waals surface area contributed by atoms with Crippen molar-refractivity contribution in [2.24, 2.45) is 0 Å². The van der Waals surface area contributed by atoms with E-state index in [0.717, 1.165) is 4.90 Å². The lowest BCUT2D eigenvalue weighted by Gasteiger charge is -2.13. The number of amides is 4. The first-order valence-corrected chi connectivity index (χ1v) is 9.36. The molecule has 0 aromatic heterocycles. The summed E-state index contributed by atoms with van der Waals surface area (Å²) in [7, 11) is 0. The van der Waals surface area contributed by atoms with Gasteiger partial charge in [0.2, 0.25) is 5.91 Å². The zero-order valence-electron chi connectivity index (χ0n) is 16.2. The molecule has 4 amide bonds. The standard InChI is InChI=1S/C21H18F3N3O4/c22-21(23,24)20(31)26-14-9-7-13(8-10-14)12-25-17(28)6-3-11-27-18(29)15-4-1-2-5-16(15)19(27)30/h1-2,4-5,7-10H,3,6,11-12H2,(H,25,28)(H,26,31). The quantitative estimate of drug-likeness (QED) is 0.657. The third-order valence-electron chi connectivity index (χ3n) is 4.62. The Morgan fingerprint density at radius 3 is 2.03 bits per heavy atom. The van der Waals surface area contributed by atoms with Crippen molar-refractivity contribution in [3.05, 3.63) is 65.2 Å². The lowest BCUT2D eigenvalue weighted by Crippen LogP contribution is -2.32. The van der Waals surface area contributed by atoms with Crippen LogP contribution in [0, 0.1) is 0 Å². The largest absolute Gasteiger partial charge is 0.471 e. The van der Waals surface area contributed by atoms with E-state index in [1.165, 1.54) is 24.3 Å². The van der Waals surface area contributed by atoms with Crippen molar-refractivity contribution in [3.63, 3.8) is 0 Å². The summed E-state index contributed by atoms with van der Waals surface area (Å²) in [6.07, 6.45) is -4.59. The molecule has 3 rings (SSSR count). The highest BCUT2D eigenvalue weighted by molar-refractivity contribution is 6.21. The van der Waals surface area contributed by atoms with Gasteiger partial charge in [-0.3, -0.25) is 24.1 Å². The minimum absolute atomic E-state index is 0.0154. The molecule has 0 radical (unpaired) electrons. The van der Waals surface area contributed by atoms with E-state index in [9.17, 15) is 32.3 Å². The molecule has 2 aromatic rings. The van der Waals surface area contributed by atoms with E-state index >= 15 is 0 Å².